The Kier molecular flexibility index (Phi) is 8.02. The first-order chi connectivity index (χ1) is 17.7. The minimum Gasteiger partial charge on any atom is -0.478 e. The molecule has 38 heavy (non-hydrogen) atoms. The lowest BCUT2D eigenvalue weighted by Gasteiger charge is -2.69. The monoisotopic (exact) mass is 530 g/mol. The van der Waals surface area contributed by atoms with Gasteiger partial charge in [0.15, 0.2) is 0 Å². The molecule has 0 aliphatic heterocycles. The molecule has 0 aromatic heterocycles. The van der Waals surface area contributed by atoms with E-state index in [4.69, 9.17) is 9.47 Å². The van der Waals surface area contributed by atoms with Crippen LogP contribution in [0.15, 0.2) is 22.8 Å². The summed E-state index contributed by atoms with van der Waals surface area (Å²) in [7, 11) is 1.82. The first kappa shape index (κ1) is 29.3. The van der Waals surface area contributed by atoms with Gasteiger partial charge in [-0.25, -0.2) is 4.79 Å². The quantitative estimate of drug-likeness (QED) is 0.237. The summed E-state index contributed by atoms with van der Waals surface area (Å²) in [4.78, 5) is 24.9. The predicted octanol–water partition coefficient (Wildman–Crippen LogP) is 6.32. The molecule has 4 aliphatic rings. The standard InChI is InChI=1S/C32H50O6/c1-18(2)10-9-11-21(29(35)36)27-23-16-24(34)28-30(5)14-13-25(37-8)19(3)22(30)12-15-31(28,6)32(23,7)17-26(27)38-20(4)33/h10,19,22-26,28,34H,9,11-17H2,1-8H3,(H,35,36)/b27-21-. The molecule has 2 N–H and O–H groups in total. The van der Waals surface area contributed by atoms with Gasteiger partial charge in [-0.05, 0) is 111 Å². The van der Waals surface area contributed by atoms with E-state index in [0.29, 0.717) is 43.1 Å². The number of hydrogen-bond acceptors (Lipinski definition) is 5. The molecule has 4 fully saturated rings. The second kappa shape index (κ2) is 10.4. The topological polar surface area (TPSA) is 93.1 Å². The number of carboxylic acids is 1. The van der Waals surface area contributed by atoms with Crippen LogP contribution < -0.4 is 0 Å². The van der Waals surface area contributed by atoms with Crippen LogP contribution in [-0.2, 0) is 19.1 Å². The van der Waals surface area contributed by atoms with Gasteiger partial charge in [-0.2, -0.15) is 0 Å². The fourth-order valence-electron chi connectivity index (χ4n) is 10.1. The fourth-order valence-corrected chi connectivity index (χ4v) is 10.1. The molecular weight excluding hydrogens is 480 g/mol. The number of rotatable bonds is 6. The van der Waals surface area contributed by atoms with Crippen molar-refractivity contribution in [3.8, 4) is 0 Å². The Hall–Kier alpha value is -1.66. The Labute approximate surface area is 229 Å². The molecule has 214 valence electrons. The van der Waals surface area contributed by atoms with Crippen molar-refractivity contribution >= 4 is 11.9 Å². The van der Waals surface area contributed by atoms with Gasteiger partial charge in [-0.15, -0.1) is 0 Å². The van der Waals surface area contributed by atoms with Gasteiger partial charge in [0.25, 0.3) is 0 Å². The zero-order valence-corrected chi connectivity index (χ0v) is 24.8. The van der Waals surface area contributed by atoms with E-state index in [1.165, 1.54) is 6.92 Å². The molecule has 10 unspecified atom stereocenters. The highest BCUT2D eigenvalue weighted by Crippen LogP contribution is 2.74. The Balaban J connectivity index is 1.81. The molecule has 0 saturated heterocycles. The van der Waals surface area contributed by atoms with Crippen LogP contribution in [0, 0.1) is 39.9 Å². The van der Waals surface area contributed by atoms with E-state index in [0.717, 1.165) is 36.8 Å². The van der Waals surface area contributed by atoms with Crippen LogP contribution in [0.3, 0.4) is 0 Å². The molecule has 10 atom stereocenters. The molecule has 0 spiro atoms. The zero-order valence-electron chi connectivity index (χ0n) is 24.8. The Morgan fingerprint density at radius 3 is 2.34 bits per heavy atom. The van der Waals surface area contributed by atoms with Crippen molar-refractivity contribution in [1.82, 2.24) is 0 Å². The zero-order chi connectivity index (χ0) is 28.2. The summed E-state index contributed by atoms with van der Waals surface area (Å²) < 4.78 is 11.8. The summed E-state index contributed by atoms with van der Waals surface area (Å²) in [5.41, 5.74) is 1.77. The van der Waals surface area contributed by atoms with Crippen molar-refractivity contribution in [2.45, 2.75) is 118 Å². The minimum absolute atomic E-state index is 0.0166. The number of fused-ring (bicyclic) bond motifs is 5. The lowest BCUT2D eigenvalue weighted by atomic mass is 9.36. The maximum atomic E-state index is 12.7. The molecule has 4 rings (SSSR count). The van der Waals surface area contributed by atoms with Crippen LogP contribution in [0.25, 0.3) is 0 Å². The van der Waals surface area contributed by atoms with E-state index in [-0.39, 0.29) is 40.2 Å². The lowest BCUT2D eigenvalue weighted by molar-refractivity contribution is -0.235. The number of methoxy groups -OCH3 is 1. The van der Waals surface area contributed by atoms with E-state index >= 15 is 0 Å². The van der Waals surface area contributed by atoms with Gasteiger partial charge >= 0.3 is 11.9 Å². The van der Waals surface area contributed by atoms with Gasteiger partial charge in [0.2, 0.25) is 0 Å². The Morgan fingerprint density at radius 1 is 1.08 bits per heavy atom. The molecule has 0 aromatic rings. The summed E-state index contributed by atoms with van der Waals surface area (Å²) >= 11 is 0. The van der Waals surface area contributed by atoms with Crippen LogP contribution in [-0.4, -0.2) is 47.6 Å². The first-order valence-corrected chi connectivity index (χ1v) is 14.7. The van der Waals surface area contributed by atoms with Crippen LogP contribution >= 0.6 is 0 Å². The van der Waals surface area contributed by atoms with Gasteiger partial charge < -0.3 is 19.7 Å². The molecule has 6 heteroatoms. The highest BCUT2D eigenvalue weighted by molar-refractivity contribution is 5.88. The first-order valence-electron chi connectivity index (χ1n) is 14.7. The second-order valence-electron chi connectivity index (χ2n) is 13.9. The van der Waals surface area contributed by atoms with Gasteiger partial charge in [-0.1, -0.05) is 39.3 Å². The molecule has 4 saturated carbocycles. The molecule has 0 bridgehead atoms. The number of carboxylic acid groups (broad SMARTS) is 1. The summed E-state index contributed by atoms with van der Waals surface area (Å²) in [5.74, 6) is -0.433. The predicted molar refractivity (Wildman–Crippen MR) is 147 cm³/mol. The SMILES string of the molecule is COC1CCC2(C)C(CCC3(C)C2C(O)CC2/C(=C(\CCC=C(C)C)C(=O)O)C(OC(C)=O)CC23C)C1C. The number of aliphatic hydroxyl groups is 1. The average molecular weight is 531 g/mol. The largest absolute Gasteiger partial charge is 0.478 e. The molecule has 0 radical (unpaired) electrons. The average Bonchev–Trinajstić information content (AvgIpc) is 3.08. The van der Waals surface area contributed by atoms with E-state index in [2.05, 4.69) is 33.8 Å². The number of ether oxygens (including phenoxy) is 2. The Bertz CT molecular complexity index is 1010. The van der Waals surface area contributed by atoms with Crippen LogP contribution in [0.1, 0.15) is 99.8 Å². The highest BCUT2D eigenvalue weighted by Gasteiger charge is 2.70. The maximum absolute atomic E-state index is 12.7. The van der Waals surface area contributed by atoms with E-state index < -0.39 is 18.2 Å². The van der Waals surface area contributed by atoms with Crippen molar-refractivity contribution in [3.05, 3.63) is 22.8 Å². The molecular formula is C32H50O6. The number of aliphatic carboxylic acids is 1. The van der Waals surface area contributed by atoms with Crippen molar-refractivity contribution in [2.24, 2.45) is 39.9 Å². The molecule has 0 aromatic carbocycles. The third-order valence-corrected chi connectivity index (χ3v) is 11.8. The minimum atomic E-state index is -0.937. The second-order valence-corrected chi connectivity index (χ2v) is 13.9. The van der Waals surface area contributed by atoms with Gasteiger partial charge in [0, 0.05) is 19.6 Å². The Morgan fingerprint density at radius 2 is 1.76 bits per heavy atom. The maximum Gasteiger partial charge on any atom is 0.331 e. The van der Waals surface area contributed by atoms with Crippen molar-refractivity contribution in [1.29, 1.82) is 0 Å². The van der Waals surface area contributed by atoms with Crippen LogP contribution in [0.5, 0.6) is 0 Å². The third kappa shape index (κ3) is 4.48. The number of carbonyl (C=O) groups excluding carboxylic acids is 1. The van der Waals surface area contributed by atoms with Crippen molar-refractivity contribution in [2.75, 3.05) is 7.11 Å². The van der Waals surface area contributed by atoms with Crippen LogP contribution in [0.2, 0.25) is 0 Å². The number of aliphatic hydroxyl groups excluding tert-OH is 1. The third-order valence-electron chi connectivity index (χ3n) is 11.8. The van der Waals surface area contributed by atoms with Gasteiger partial charge in [0.1, 0.15) is 6.10 Å². The smallest absolute Gasteiger partial charge is 0.331 e. The number of esters is 1. The number of allylic oxidation sites excluding steroid dienone is 2. The van der Waals surface area contributed by atoms with Crippen LogP contribution in [0.4, 0.5) is 0 Å². The van der Waals surface area contributed by atoms with Crippen molar-refractivity contribution in [3.63, 3.8) is 0 Å². The number of hydrogen-bond donors (Lipinski definition) is 2. The number of carbonyl (C=O) groups is 2. The lowest BCUT2D eigenvalue weighted by Crippen LogP contribution is -2.65. The normalized spacial score (nSPS) is 45.3. The molecule has 0 heterocycles. The molecule has 0 amide bonds. The summed E-state index contributed by atoms with van der Waals surface area (Å²) in [5, 5.41) is 22.3. The van der Waals surface area contributed by atoms with E-state index in [1.807, 2.05) is 21.0 Å². The molecule has 4 aliphatic carbocycles. The van der Waals surface area contributed by atoms with E-state index in [9.17, 15) is 19.8 Å². The molecule has 6 nitrogen and oxygen atoms in total. The fraction of sp³-hybridized carbons (Fsp3) is 0.812. The van der Waals surface area contributed by atoms with Gasteiger partial charge in [0.05, 0.1) is 12.2 Å². The highest BCUT2D eigenvalue weighted by atomic mass is 16.5. The van der Waals surface area contributed by atoms with E-state index in [1.54, 1.807) is 0 Å². The van der Waals surface area contributed by atoms with Gasteiger partial charge in [-0.3, -0.25) is 4.79 Å². The summed E-state index contributed by atoms with van der Waals surface area (Å²) in [6.45, 7) is 14.8. The summed E-state index contributed by atoms with van der Waals surface area (Å²) in [6.07, 6.45) is 7.46. The van der Waals surface area contributed by atoms with Crippen molar-refractivity contribution < 1.29 is 29.3 Å². The summed E-state index contributed by atoms with van der Waals surface area (Å²) in [6, 6.07) is 0.